The summed E-state index contributed by atoms with van der Waals surface area (Å²) in [6.45, 7) is 10.7. The van der Waals surface area contributed by atoms with Gasteiger partial charge in [-0.1, -0.05) is 29.8 Å². The molecule has 1 atom stereocenters. The minimum atomic E-state index is 0.259. The van der Waals surface area contributed by atoms with E-state index in [4.69, 9.17) is 9.15 Å². The average molecular weight is 386 g/mol. The number of aryl methyl sites for hydroxylation is 3. The van der Waals surface area contributed by atoms with Gasteiger partial charge in [0.2, 0.25) is 5.89 Å². The van der Waals surface area contributed by atoms with Crippen LogP contribution < -0.4 is 10.6 Å². The number of benzene rings is 1. The summed E-state index contributed by atoms with van der Waals surface area (Å²) in [5.41, 5.74) is 3.49. The third kappa shape index (κ3) is 5.33. The van der Waals surface area contributed by atoms with E-state index in [1.54, 1.807) is 7.05 Å². The molecule has 1 aromatic carbocycles. The number of oxazole rings is 1. The Kier molecular flexibility index (Phi) is 7.06. The van der Waals surface area contributed by atoms with Crippen LogP contribution in [0.15, 0.2) is 33.7 Å². The fourth-order valence-electron chi connectivity index (χ4n) is 3.32. The standard InChI is InChI=1S/C21H31N5O2/c1-15-5-7-18(8-6-15)19(26-9-11-27-12-10-26)13-23-21(22-4)24-14-20-25-16(2)17(3)28-20/h5-8,19H,9-14H2,1-4H3,(H2,22,23,24). The van der Waals surface area contributed by atoms with Gasteiger partial charge in [0.15, 0.2) is 5.96 Å². The maximum Gasteiger partial charge on any atom is 0.214 e. The molecule has 152 valence electrons. The van der Waals surface area contributed by atoms with Crippen molar-refractivity contribution in [3.8, 4) is 0 Å². The van der Waals surface area contributed by atoms with E-state index >= 15 is 0 Å². The van der Waals surface area contributed by atoms with Gasteiger partial charge in [-0.05, 0) is 26.3 Å². The average Bonchev–Trinajstić information content (AvgIpc) is 3.04. The molecule has 0 saturated carbocycles. The lowest BCUT2D eigenvalue weighted by Gasteiger charge is -2.35. The van der Waals surface area contributed by atoms with Gasteiger partial charge in [0, 0.05) is 26.7 Å². The Bertz CT molecular complexity index is 759. The Morgan fingerprint density at radius 3 is 2.46 bits per heavy atom. The third-order valence-corrected chi connectivity index (χ3v) is 5.11. The molecule has 1 aliphatic rings. The van der Waals surface area contributed by atoms with Gasteiger partial charge in [-0.15, -0.1) is 0 Å². The summed E-state index contributed by atoms with van der Waals surface area (Å²) in [4.78, 5) is 11.2. The van der Waals surface area contributed by atoms with E-state index in [1.165, 1.54) is 11.1 Å². The monoisotopic (exact) mass is 385 g/mol. The normalized spacial score (nSPS) is 16.8. The Labute approximate surface area is 167 Å². The maximum absolute atomic E-state index is 5.63. The maximum atomic E-state index is 5.63. The molecular formula is C21H31N5O2. The number of hydrogen-bond acceptors (Lipinski definition) is 5. The van der Waals surface area contributed by atoms with Crippen LogP contribution in [-0.4, -0.2) is 55.7 Å². The van der Waals surface area contributed by atoms with Gasteiger partial charge >= 0.3 is 0 Å². The number of aliphatic imine (C=N–C) groups is 1. The second-order valence-electron chi connectivity index (χ2n) is 7.13. The van der Waals surface area contributed by atoms with Gasteiger partial charge in [-0.2, -0.15) is 0 Å². The molecule has 28 heavy (non-hydrogen) atoms. The van der Waals surface area contributed by atoms with Crippen LogP contribution in [0.1, 0.15) is 34.5 Å². The number of nitrogens with one attached hydrogen (secondary N) is 2. The van der Waals surface area contributed by atoms with Crippen LogP contribution in [0.5, 0.6) is 0 Å². The molecule has 2 N–H and O–H groups in total. The molecule has 1 saturated heterocycles. The van der Waals surface area contributed by atoms with Crippen molar-refractivity contribution in [2.75, 3.05) is 39.9 Å². The molecule has 0 bridgehead atoms. The van der Waals surface area contributed by atoms with Crippen LogP contribution in [0.3, 0.4) is 0 Å². The van der Waals surface area contributed by atoms with Crippen molar-refractivity contribution in [2.45, 2.75) is 33.4 Å². The molecule has 1 aliphatic heterocycles. The highest BCUT2D eigenvalue weighted by Gasteiger charge is 2.23. The van der Waals surface area contributed by atoms with Crippen molar-refractivity contribution in [1.82, 2.24) is 20.5 Å². The van der Waals surface area contributed by atoms with Crippen LogP contribution in [0.4, 0.5) is 0 Å². The second-order valence-corrected chi connectivity index (χ2v) is 7.13. The Hall–Kier alpha value is -2.38. The molecule has 7 nitrogen and oxygen atoms in total. The van der Waals surface area contributed by atoms with Crippen LogP contribution in [0.25, 0.3) is 0 Å². The minimum Gasteiger partial charge on any atom is -0.444 e. The fourth-order valence-corrected chi connectivity index (χ4v) is 3.32. The first-order valence-corrected chi connectivity index (χ1v) is 9.82. The zero-order valence-corrected chi connectivity index (χ0v) is 17.3. The van der Waals surface area contributed by atoms with Gasteiger partial charge in [0.1, 0.15) is 5.76 Å². The van der Waals surface area contributed by atoms with Crippen molar-refractivity contribution < 1.29 is 9.15 Å². The molecule has 1 aromatic heterocycles. The smallest absolute Gasteiger partial charge is 0.214 e. The van der Waals surface area contributed by atoms with E-state index in [2.05, 4.69) is 56.7 Å². The number of nitrogens with zero attached hydrogens (tertiary/aromatic N) is 3. The predicted octanol–water partition coefficient (Wildman–Crippen LogP) is 2.34. The summed E-state index contributed by atoms with van der Waals surface area (Å²) < 4.78 is 11.2. The molecule has 0 amide bonds. The number of guanidine groups is 1. The number of hydrogen-bond donors (Lipinski definition) is 2. The van der Waals surface area contributed by atoms with Crippen LogP contribution in [0.2, 0.25) is 0 Å². The van der Waals surface area contributed by atoms with Crippen LogP contribution in [0, 0.1) is 20.8 Å². The Balaban J connectivity index is 1.62. The van der Waals surface area contributed by atoms with E-state index in [0.29, 0.717) is 12.4 Å². The van der Waals surface area contributed by atoms with Gasteiger partial charge < -0.3 is 19.8 Å². The Morgan fingerprint density at radius 1 is 1.14 bits per heavy atom. The number of aromatic nitrogens is 1. The van der Waals surface area contributed by atoms with Gasteiger partial charge in [0.05, 0.1) is 31.5 Å². The van der Waals surface area contributed by atoms with Crippen molar-refractivity contribution in [3.63, 3.8) is 0 Å². The molecule has 2 aromatic rings. The predicted molar refractivity (Wildman–Crippen MR) is 110 cm³/mol. The summed E-state index contributed by atoms with van der Waals surface area (Å²) in [5, 5.41) is 6.74. The lowest BCUT2D eigenvalue weighted by Crippen LogP contribution is -2.46. The first kappa shape index (κ1) is 20.4. The third-order valence-electron chi connectivity index (χ3n) is 5.11. The lowest BCUT2D eigenvalue weighted by atomic mass is 10.0. The molecule has 2 heterocycles. The molecular weight excluding hydrogens is 354 g/mol. The minimum absolute atomic E-state index is 0.259. The summed E-state index contributed by atoms with van der Waals surface area (Å²) in [6.07, 6.45) is 0. The molecule has 1 unspecified atom stereocenters. The van der Waals surface area contributed by atoms with Gasteiger partial charge in [-0.25, -0.2) is 4.98 Å². The summed E-state index contributed by atoms with van der Waals surface area (Å²) in [6, 6.07) is 9.03. The highest BCUT2D eigenvalue weighted by atomic mass is 16.5. The summed E-state index contributed by atoms with van der Waals surface area (Å²) >= 11 is 0. The molecule has 0 radical (unpaired) electrons. The van der Waals surface area contributed by atoms with Crippen molar-refractivity contribution in [1.29, 1.82) is 0 Å². The van der Waals surface area contributed by atoms with Crippen molar-refractivity contribution in [3.05, 3.63) is 52.7 Å². The van der Waals surface area contributed by atoms with Gasteiger partial charge in [-0.3, -0.25) is 9.89 Å². The SMILES string of the molecule is CN=C(NCc1nc(C)c(C)o1)NCC(c1ccc(C)cc1)N1CCOCC1. The summed E-state index contributed by atoms with van der Waals surface area (Å²) in [7, 11) is 1.77. The highest BCUT2D eigenvalue weighted by molar-refractivity contribution is 5.79. The number of morpholine rings is 1. The number of rotatable bonds is 6. The topological polar surface area (TPSA) is 74.9 Å². The Morgan fingerprint density at radius 2 is 1.86 bits per heavy atom. The molecule has 0 aliphatic carbocycles. The molecule has 7 heteroatoms. The zero-order chi connectivity index (χ0) is 19.9. The van der Waals surface area contributed by atoms with E-state index < -0.39 is 0 Å². The largest absolute Gasteiger partial charge is 0.444 e. The van der Waals surface area contributed by atoms with E-state index in [9.17, 15) is 0 Å². The fraction of sp³-hybridized carbons (Fsp3) is 0.524. The van der Waals surface area contributed by atoms with E-state index in [-0.39, 0.29) is 6.04 Å². The van der Waals surface area contributed by atoms with E-state index in [1.807, 2.05) is 13.8 Å². The molecule has 1 fully saturated rings. The van der Waals surface area contributed by atoms with Crippen molar-refractivity contribution >= 4 is 5.96 Å². The van der Waals surface area contributed by atoms with Crippen LogP contribution >= 0.6 is 0 Å². The lowest BCUT2D eigenvalue weighted by molar-refractivity contribution is 0.0170. The van der Waals surface area contributed by atoms with Crippen LogP contribution in [-0.2, 0) is 11.3 Å². The van der Waals surface area contributed by atoms with Crippen molar-refractivity contribution in [2.24, 2.45) is 4.99 Å². The summed E-state index contributed by atoms with van der Waals surface area (Å²) in [5.74, 6) is 2.26. The van der Waals surface area contributed by atoms with E-state index in [0.717, 1.165) is 50.3 Å². The highest BCUT2D eigenvalue weighted by Crippen LogP contribution is 2.21. The molecule has 3 rings (SSSR count). The zero-order valence-electron chi connectivity index (χ0n) is 17.3. The second kappa shape index (κ2) is 9.71. The quantitative estimate of drug-likeness (QED) is 0.587. The van der Waals surface area contributed by atoms with Gasteiger partial charge in [0.25, 0.3) is 0 Å². The number of ether oxygens (including phenoxy) is 1. The molecule has 0 spiro atoms. The first-order chi connectivity index (χ1) is 13.6. The first-order valence-electron chi connectivity index (χ1n) is 9.82.